The molecular weight excluding hydrogens is 388 g/mol. The summed E-state index contributed by atoms with van der Waals surface area (Å²) in [6, 6.07) is 9.34. The molecule has 164 valence electrons. The fourth-order valence-electron chi connectivity index (χ4n) is 4.24. The molecule has 0 atom stereocenters. The van der Waals surface area contributed by atoms with Gasteiger partial charge in [-0.1, -0.05) is 25.5 Å². The molecule has 3 aromatic rings. The smallest absolute Gasteiger partial charge is 0.222 e. The number of hydrogen-bond donors (Lipinski definition) is 2. The molecule has 0 saturated heterocycles. The minimum atomic E-state index is 0.0871. The van der Waals surface area contributed by atoms with Gasteiger partial charge in [-0.05, 0) is 56.7 Å². The zero-order valence-corrected chi connectivity index (χ0v) is 18.6. The maximum atomic E-state index is 12.3. The average Bonchev–Trinajstić information content (AvgIpc) is 3.27. The van der Waals surface area contributed by atoms with E-state index in [1.807, 2.05) is 0 Å². The summed E-state index contributed by atoms with van der Waals surface area (Å²) in [6.45, 7) is 7.05. The van der Waals surface area contributed by atoms with Gasteiger partial charge >= 0.3 is 0 Å². The molecule has 0 unspecified atom stereocenters. The molecule has 7 heteroatoms. The zero-order valence-electron chi connectivity index (χ0n) is 18.6. The Balaban J connectivity index is 1.35. The fraction of sp³-hybridized carbons (Fsp3) is 0.500. The van der Waals surface area contributed by atoms with Crippen molar-refractivity contribution < 1.29 is 4.79 Å². The SMILES string of the molecule is Cc1ccc2nc(C(C)C)cc(NC3CCC(NC(=O)CCn4cncn4)CC3)c2c1. The number of nitrogens with one attached hydrogen (secondary N) is 2. The molecule has 0 radical (unpaired) electrons. The van der Waals surface area contributed by atoms with Crippen molar-refractivity contribution in [1.29, 1.82) is 0 Å². The summed E-state index contributed by atoms with van der Waals surface area (Å²) in [4.78, 5) is 21.0. The molecule has 31 heavy (non-hydrogen) atoms. The molecule has 4 rings (SSSR count). The highest BCUT2D eigenvalue weighted by Crippen LogP contribution is 2.30. The van der Waals surface area contributed by atoms with E-state index < -0.39 is 0 Å². The standard InChI is InChI=1S/C24H32N6O/c1-16(2)22-13-23(20-12-17(3)4-9-21(20)29-22)27-18-5-7-19(8-6-18)28-24(31)10-11-30-15-25-14-26-30/h4,9,12-16,18-19H,5-8,10-11H2,1-3H3,(H,27,29)(H,28,31). The van der Waals surface area contributed by atoms with Gasteiger partial charge in [-0.2, -0.15) is 5.10 Å². The number of nitrogens with zero attached hydrogens (tertiary/aromatic N) is 4. The minimum Gasteiger partial charge on any atom is -0.382 e. The first-order valence-corrected chi connectivity index (χ1v) is 11.3. The van der Waals surface area contributed by atoms with Gasteiger partial charge in [-0.3, -0.25) is 14.5 Å². The van der Waals surface area contributed by atoms with Crippen molar-refractivity contribution in [2.24, 2.45) is 0 Å². The van der Waals surface area contributed by atoms with Crippen LogP contribution in [0.2, 0.25) is 0 Å². The molecule has 1 amide bonds. The molecule has 0 bridgehead atoms. The molecule has 2 aromatic heterocycles. The van der Waals surface area contributed by atoms with E-state index in [2.05, 4.69) is 65.8 Å². The van der Waals surface area contributed by atoms with Gasteiger partial charge in [-0.25, -0.2) is 4.98 Å². The Morgan fingerprint density at radius 2 is 1.94 bits per heavy atom. The summed E-state index contributed by atoms with van der Waals surface area (Å²) in [6.07, 6.45) is 7.63. The lowest BCUT2D eigenvalue weighted by Crippen LogP contribution is -2.40. The topological polar surface area (TPSA) is 84.7 Å². The van der Waals surface area contributed by atoms with E-state index in [9.17, 15) is 4.79 Å². The molecule has 1 fully saturated rings. The summed E-state index contributed by atoms with van der Waals surface area (Å²) in [5, 5.41) is 12.2. The summed E-state index contributed by atoms with van der Waals surface area (Å²) in [7, 11) is 0. The second-order valence-corrected chi connectivity index (χ2v) is 8.94. The number of rotatable bonds is 7. The van der Waals surface area contributed by atoms with Crippen LogP contribution in [0.15, 0.2) is 36.9 Å². The predicted octanol–water partition coefficient (Wildman–Crippen LogP) is 4.19. The zero-order chi connectivity index (χ0) is 21.8. The van der Waals surface area contributed by atoms with Crippen LogP contribution in [-0.4, -0.2) is 37.7 Å². The number of amides is 1. The molecule has 1 aliphatic rings. The van der Waals surface area contributed by atoms with E-state index in [-0.39, 0.29) is 11.9 Å². The van der Waals surface area contributed by atoms with Crippen LogP contribution in [0.25, 0.3) is 10.9 Å². The van der Waals surface area contributed by atoms with Gasteiger partial charge in [-0.15, -0.1) is 0 Å². The number of hydrogen-bond acceptors (Lipinski definition) is 5. The maximum Gasteiger partial charge on any atom is 0.222 e. The van der Waals surface area contributed by atoms with Gasteiger partial charge in [0.2, 0.25) is 5.91 Å². The van der Waals surface area contributed by atoms with Crippen molar-refractivity contribution in [2.45, 2.75) is 77.4 Å². The van der Waals surface area contributed by atoms with Crippen LogP contribution >= 0.6 is 0 Å². The number of fused-ring (bicyclic) bond motifs is 1. The van der Waals surface area contributed by atoms with Crippen LogP contribution in [-0.2, 0) is 11.3 Å². The molecule has 2 heterocycles. The maximum absolute atomic E-state index is 12.3. The van der Waals surface area contributed by atoms with Gasteiger partial charge in [0.1, 0.15) is 12.7 Å². The third-order valence-electron chi connectivity index (χ3n) is 6.06. The number of aryl methyl sites for hydroxylation is 2. The average molecular weight is 421 g/mol. The van der Waals surface area contributed by atoms with Crippen molar-refractivity contribution in [3.63, 3.8) is 0 Å². The molecule has 2 N–H and O–H groups in total. The molecular formula is C24H32N6O. The summed E-state index contributed by atoms with van der Waals surface area (Å²) in [5.74, 6) is 0.471. The highest BCUT2D eigenvalue weighted by Gasteiger charge is 2.23. The van der Waals surface area contributed by atoms with Crippen molar-refractivity contribution in [3.05, 3.63) is 48.2 Å². The molecule has 0 spiro atoms. The second kappa shape index (κ2) is 9.45. The quantitative estimate of drug-likeness (QED) is 0.599. The highest BCUT2D eigenvalue weighted by atomic mass is 16.1. The van der Waals surface area contributed by atoms with Crippen molar-refractivity contribution in [3.8, 4) is 0 Å². The molecule has 0 aliphatic heterocycles. The van der Waals surface area contributed by atoms with E-state index in [1.165, 1.54) is 23.0 Å². The van der Waals surface area contributed by atoms with E-state index in [1.54, 1.807) is 11.0 Å². The lowest BCUT2D eigenvalue weighted by atomic mass is 9.90. The van der Waals surface area contributed by atoms with Crippen LogP contribution in [0.1, 0.15) is 63.1 Å². The van der Waals surface area contributed by atoms with Crippen LogP contribution in [0.4, 0.5) is 5.69 Å². The Labute approximate surface area is 183 Å². The van der Waals surface area contributed by atoms with E-state index in [0.717, 1.165) is 36.9 Å². The Bertz CT molecular complexity index is 1020. The third-order valence-corrected chi connectivity index (χ3v) is 6.06. The van der Waals surface area contributed by atoms with Gasteiger partial charge in [0.15, 0.2) is 0 Å². The molecule has 1 aromatic carbocycles. The van der Waals surface area contributed by atoms with E-state index in [0.29, 0.717) is 24.9 Å². The van der Waals surface area contributed by atoms with Gasteiger partial charge in [0, 0.05) is 35.3 Å². The summed E-state index contributed by atoms with van der Waals surface area (Å²) < 4.78 is 1.69. The van der Waals surface area contributed by atoms with Crippen molar-refractivity contribution in [2.75, 3.05) is 5.32 Å². The monoisotopic (exact) mass is 420 g/mol. The first-order valence-electron chi connectivity index (χ1n) is 11.3. The van der Waals surface area contributed by atoms with Crippen molar-refractivity contribution >= 4 is 22.5 Å². The normalized spacial score (nSPS) is 19.0. The van der Waals surface area contributed by atoms with Gasteiger partial charge < -0.3 is 10.6 Å². The van der Waals surface area contributed by atoms with Gasteiger partial charge in [0.25, 0.3) is 0 Å². The first-order chi connectivity index (χ1) is 15.0. The van der Waals surface area contributed by atoms with E-state index in [4.69, 9.17) is 4.98 Å². The number of carbonyl (C=O) groups is 1. The third kappa shape index (κ3) is 5.40. The number of benzene rings is 1. The predicted molar refractivity (Wildman–Crippen MR) is 123 cm³/mol. The second-order valence-electron chi connectivity index (χ2n) is 8.94. The van der Waals surface area contributed by atoms with Crippen LogP contribution in [0, 0.1) is 6.92 Å². The molecule has 7 nitrogen and oxygen atoms in total. The Morgan fingerprint density at radius 3 is 2.65 bits per heavy atom. The fourth-order valence-corrected chi connectivity index (χ4v) is 4.24. The number of aromatic nitrogens is 4. The first kappa shape index (κ1) is 21.3. The lowest BCUT2D eigenvalue weighted by Gasteiger charge is -2.31. The Hall–Kier alpha value is -2.96. The highest BCUT2D eigenvalue weighted by molar-refractivity contribution is 5.92. The summed E-state index contributed by atoms with van der Waals surface area (Å²) in [5.41, 5.74) is 4.59. The minimum absolute atomic E-state index is 0.0871. The Morgan fingerprint density at radius 1 is 1.16 bits per heavy atom. The van der Waals surface area contributed by atoms with Crippen LogP contribution in [0.5, 0.6) is 0 Å². The van der Waals surface area contributed by atoms with Gasteiger partial charge in [0.05, 0.1) is 12.1 Å². The number of anilines is 1. The lowest BCUT2D eigenvalue weighted by molar-refractivity contribution is -0.122. The van der Waals surface area contributed by atoms with Crippen molar-refractivity contribution in [1.82, 2.24) is 25.1 Å². The van der Waals surface area contributed by atoms with Crippen LogP contribution < -0.4 is 10.6 Å². The molecule has 1 saturated carbocycles. The largest absolute Gasteiger partial charge is 0.382 e. The number of pyridine rings is 1. The van der Waals surface area contributed by atoms with Crippen LogP contribution in [0.3, 0.4) is 0 Å². The molecule has 1 aliphatic carbocycles. The number of carbonyl (C=O) groups excluding carboxylic acids is 1. The summed E-state index contributed by atoms with van der Waals surface area (Å²) >= 11 is 0. The van der Waals surface area contributed by atoms with E-state index >= 15 is 0 Å². The Kier molecular flexibility index (Phi) is 6.49.